The number of benzene rings is 1. The van der Waals surface area contributed by atoms with Gasteiger partial charge in [0.25, 0.3) is 0 Å². The van der Waals surface area contributed by atoms with E-state index in [2.05, 4.69) is 15.6 Å². The molecule has 1 aromatic heterocycles. The Kier molecular flexibility index (Phi) is 7.22. The molecule has 6 heteroatoms. The number of nitrogen functional groups attached to an aromatic ring is 1. The van der Waals surface area contributed by atoms with E-state index in [1.807, 2.05) is 36.4 Å². The lowest BCUT2D eigenvalue weighted by molar-refractivity contribution is -0.138. The number of carboxylic acids is 1. The molecule has 0 saturated heterocycles. The van der Waals surface area contributed by atoms with Crippen molar-refractivity contribution in [3.63, 3.8) is 0 Å². The van der Waals surface area contributed by atoms with Crippen LogP contribution >= 0.6 is 0 Å². The molecule has 0 amide bonds. The van der Waals surface area contributed by atoms with Crippen LogP contribution < -0.4 is 16.4 Å². The molecule has 0 radical (unpaired) electrons. The van der Waals surface area contributed by atoms with E-state index in [0.29, 0.717) is 5.82 Å². The largest absolute Gasteiger partial charge is 0.481 e. The zero-order valence-electron chi connectivity index (χ0n) is 14.5. The van der Waals surface area contributed by atoms with E-state index in [9.17, 15) is 4.79 Å². The lowest BCUT2D eigenvalue weighted by Gasteiger charge is -2.10. The fraction of sp³-hybridized carbons (Fsp3) is 0.368. The maximum absolute atomic E-state index is 11.1. The van der Waals surface area contributed by atoms with Gasteiger partial charge in [0.1, 0.15) is 5.82 Å². The number of anilines is 2. The summed E-state index contributed by atoms with van der Waals surface area (Å²) < 4.78 is 0. The molecule has 1 atom stereocenters. The predicted molar refractivity (Wildman–Crippen MR) is 101 cm³/mol. The monoisotopic (exact) mass is 342 g/mol. The molecule has 0 bridgehead atoms. The summed E-state index contributed by atoms with van der Waals surface area (Å²) in [4.78, 5) is 15.1. The molecule has 1 aromatic carbocycles. The van der Waals surface area contributed by atoms with Gasteiger partial charge in [-0.05, 0) is 56.1 Å². The Morgan fingerprint density at radius 2 is 2.08 bits per heavy atom. The van der Waals surface area contributed by atoms with Crippen LogP contribution in [0.4, 0.5) is 11.5 Å². The number of carbonyl (C=O) groups is 1. The molecule has 0 fully saturated rings. The number of rotatable bonds is 10. The van der Waals surface area contributed by atoms with Gasteiger partial charge in [-0.2, -0.15) is 0 Å². The second-order valence-corrected chi connectivity index (χ2v) is 6.02. The molecule has 0 spiro atoms. The predicted octanol–water partition coefficient (Wildman–Crippen LogP) is 2.49. The van der Waals surface area contributed by atoms with Crippen LogP contribution in [-0.2, 0) is 11.2 Å². The minimum absolute atomic E-state index is 0.473. The smallest absolute Gasteiger partial charge is 0.310 e. The first-order valence-corrected chi connectivity index (χ1v) is 8.54. The minimum Gasteiger partial charge on any atom is -0.481 e. The molecular formula is C19H26N4O2. The first-order valence-electron chi connectivity index (χ1n) is 8.54. The van der Waals surface area contributed by atoms with Crippen molar-refractivity contribution >= 4 is 17.5 Å². The summed E-state index contributed by atoms with van der Waals surface area (Å²) in [7, 11) is 0. The average molecular weight is 342 g/mol. The molecule has 134 valence electrons. The van der Waals surface area contributed by atoms with E-state index >= 15 is 0 Å². The fourth-order valence-electron chi connectivity index (χ4n) is 2.52. The standard InChI is InChI=1S/C19H26N4O2/c1-14(19(24)25)16-6-2-5-15(13-16)8-12-21-9-4-11-22-17-7-3-10-23-18(17)20/h2-3,5-7,10,13-14,21-22H,4,8-9,11-12H2,1H3,(H2,20,23)(H,24,25). The maximum Gasteiger partial charge on any atom is 0.310 e. The van der Waals surface area contributed by atoms with Crippen LogP contribution in [0.1, 0.15) is 30.4 Å². The van der Waals surface area contributed by atoms with E-state index in [1.165, 1.54) is 0 Å². The SMILES string of the molecule is CC(C(=O)O)c1cccc(CCNCCCNc2cccnc2N)c1. The van der Waals surface area contributed by atoms with Crippen LogP contribution in [0.25, 0.3) is 0 Å². The number of nitrogens with one attached hydrogen (secondary N) is 2. The Balaban J connectivity index is 1.64. The Morgan fingerprint density at radius 3 is 2.84 bits per heavy atom. The Morgan fingerprint density at radius 1 is 1.24 bits per heavy atom. The zero-order valence-corrected chi connectivity index (χ0v) is 14.5. The normalized spacial score (nSPS) is 11.9. The summed E-state index contributed by atoms with van der Waals surface area (Å²) in [6.07, 6.45) is 3.53. The minimum atomic E-state index is -0.794. The van der Waals surface area contributed by atoms with Crippen molar-refractivity contribution in [1.29, 1.82) is 0 Å². The van der Waals surface area contributed by atoms with E-state index in [-0.39, 0.29) is 0 Å². The third-order valence-electron chi connectivity index (χ3n) is 4.10. The molecule has 1 heterocycles. The number of carboxylic acid groups (broad SMARTS) is 1. The van der Waals surface area contributed by atoms with E-state index in [1.54, 1.807) is 13.1 Å². The van der Waals surface area contributed by atoms with Gasteiger partial charge in [0.2, 0.25) is 0 Å². The first-order chi connectivity index (χ1) is 12.1. The van der Waals surface area contributed by atoms with Gasteiger partial charge in [0, 0.05) is 12.7 Å². The van der Waals surface area contributed by atoms with Crippen LogP contribution in [0.5, 0.6) is 0 Å². The molecule has 2 rings (SSSR count). The van der Waals surface area contributed by atoms with E-state index in [0.717, 1.165) is 49.3 Å². The lowest BCUT2D eigenvalue weighted by Crippen LogP contribution is -2.21. The zero-order chi connectivity index (χ0) is 18.1. The van der Waals surface area contributed by atoms with Crippen LogP contribution in [0.15, 0.2) is 42.6 Å². The molecule has 6 nitrogen and oxygen atoms in total. The maximum atomic E-state index is 11.1. The summed E-state index contributed by atoms with van der Waals surface area (Å²) >= 11 is 0. The van der Waals surface area contributed by atoms with Crippen LogP contribution in [0.3, 0.4) is 0 Å². The van der Waals surface area contributed by atoms with Crippen LogP contribution in [0, 0.1) is 0 Å². The summed E-state index contributed by atoms with van der Waals surface area (Å²) in [5.41, 5.74) is 8.64. The van der Waals surface area contributed by atoms with Gasteiger partial charge in [-0.25, -0.2) is 4.98 Å². The molecule has 1 unspecified atom stereocenters. The first kappa shape index (κ1) is 18.7. The van der Waals surface area contributed by atoms with Gasteiger partial charge in [-0.15, -0.1) is 0 Å². The van der Waals surface area contributed by atoms with Gasteiger partial charge in [0.05, 0.1) is 11.6 Å². The number of nitrogens with zero attached hydrogens (tertiary/aromatic N) is 1. The number of pyridine rings is 1. The van der Waals surface area contributed by atoms with Crippen molar-refractivity contribution in [2.45, 2.75) is 25.7 Å². The lowest BCUT2D eigenvalue weighted by atomic mass is 9.98. The molecule has 0 saturated carbocycles. The summed E-state index contributed by atoms with van der Waals surface area (Å²) in [6.45, 7) is 4.30. The highest BCUT2D eigenvalue weighted by molar-refractivity contribution is 5.75. The second kappa shape index (κ2) is 9.64. The number of aromatic nitrogens is 1. The number of hydrogen-bond donors (Lipinski definition) is 4. The summed E-state index contributed by atoms with van der Waals surface area (Å²) in [5, 5.41) is 15.8. The van der Waals surface area contributed by atoms with Crippen LogP contribution in [-0.4, -0.2) is 35.7 Å². The molecule has 5 N–H and O–H groups in total. The van der Waals surface area contributed by atoms with Crippen molar-refractivity contribution in [3.8, 4) is 0 Å². The highest BCUT2D eigenvalue weighted by Crippen LogP contribution is 2.17. The number of hydrogen-bond acceptors (Lipinski definition) is 5. The van der Waals surface area contributed by atoms with Gasteiger partial charge >= 0.3 is 5.97 Å². The number of aliphatic carboxylic acids is 1. The second-order valence-electron chi connectivity index (χ2n) is 6.02. The topological polar surface area (TPSA) is 100 Å². The van der Waals surface area contributed by atoms with Crippen molar-refractivity contribution in [3.05, 3.63) is 53.7 Å². The fourth-order valence-corrected chi connectivity index (χ4v) is 2.52. The van der Waals surface area contributed by atoms with Crippen molar-refractivity contribution < 1.29 is 9.90 Å². The number of nitrogens with two attached hydrogens (primary N) is 1. The van der Waals surface area contributed by atoms with Gasteiger partial charge < -0.3 is 21.5 Å². The summed E-state index contributed by atoms with van der Waals surface area (Å²) in [6, 6.07) is 11.6. The average Bonchev–Trinajstić information content (AvgIpc) is 2.62. The molecule has 0 aliphatic heterocycles. The molecular weight excluding hydrogens is 316 g/mol. The molecule has 0 aliphatic rings. The quantitative estimate of drug-likeness (QED) is 0.495. The van der Waals surface area contributed by atoms with Crippen LogP contribution in [0.2, 0.25) is 0 Å². The van der Waals surface area contributed by atoms with Crippen molar-refractivity contribution in [2.75, 3.05) is 30.7 Å². The van der Waals surface area contributed by atoms with Gasteiger partial charge in [0.15, 0.2) is 0 Å². The van der Waals surface area contributed by atoms with Crippen molar-refractivity contribution in [1.82, 2.24) is 10.3 Å². The molecule has 0 aliphatic carbocycles. The molecule has 2 aromatic rings. The highest BCUT2D eigenvalue weighted by Gasteiger charge is 2.13. The van der Waals surface area contributed by atoms with E-state index < -0.39 is 11.9 Å². The molecule has 25 heavy (non-hydrogen) atoms. The van der Waals surface area contributed by atoms with E-state index in [4.69, 9.17) is 10.8 Å². The van der Waals surface area contributed by atoms with Gasteiger partial charge in [-0.1, -0.05) is 24.3 Å². The Hall–Kier alpha value is -2.60. The third-order valence-corrected chi connectivity index (χ3v) is 4.10. The third kappa shape index (κ3) is 6.08. The van der Waals surface area contributed by atoms with Crippen molar-refractivity contribution in [2.24, 2.45) is 0 Å². The Labute approximate surface area is 148 Å². The van der Waals surface area contributed by atoms with Gasteiger partial charge in [-0.3, -0.25) is 4.79 Å². The Bertz CT molecular complexity index is 691. The summed E-state index contributed by atoms with van der Waals surface area (Å²) in [5.74, 6) is -0.748. The highest BCUT2D eigenvalue weighted by atomic mass is 16.4.